The van der Waals surface area contributed by atoms with E-state index >= 15 is 0 Å². The molecule has 8 nitrogen and oxygen atoms in total. The van der Waals surface area contributed by atoms with Gasteiger partial charge < -0.3 is 14.6 Å². The minimum absolute atomic E-state index is 0.127. The highest BCUT2D eigenvalue weighted by Crippen LogP contribution is 2.35. The molecule has 8 heteroatoms. The Hall–Kier alpha value is -3.55. The molecule has 4 heterocycles. The third kappa shape index (κ3) is 3.34. The van der Waals surface area contributed by atoms with Crippen LogP contribution < -0.4 is 9.47 Å². The Labute approximate surface area is 174 Å². The van der Waals surface area contributed by atoms with Crippen LogP contribution in [-0.4, -0.2) is 43.6 Å². The molecular weight excluding hydrogens is 382 g/mol. The van der Waals surface area contributed by atoms with E-state index in [1.165, 1.54) is 0 Å². The Bertz CT molecular complexity index is 1210. The van der Waals surface area contributed by atoms with E-state index in [0.717, 1.165) is 23.5 Å². The third-order valence-corrected chi connectivity index (χ3v) is 4.96. The number of rotatable bonds is 6. The van der Waals surface area contributed by atoms with Crippen LogP contribution in [0.3, 0.4) is 0 Å². The standard InChI is InChI=1S/C22H25N5O3/c1-13(2)12-26-9-8-19(25-26)27-14(3)20-16(22(27)28)6-7-17(24-20)15-10-18(29-4)21(30-5)23-11-15/h6-11,13,28H,12H2,1-5H3. The number of aromatic nitrogens is 5. The first-order valence-electron chi connectivity index (χ1n) is 9.76. The zero-order valence-corrected chi connectivity index (χ0v) is 17.7. The summed E-state index contributed by atoms with van der Waals surface area (Å²) in [6.45, 7) is 7.02. The summed E-state index contributed by atoms with van der Waals surface area (Å²) in [4.78, 5) is 9.08. The Balaban J connectivity index is 1.79. The number of aryl methyl sites for hydroxylation is 1. The van der Waals surface area contributed by atoms with Crippen LogP contribution in [0.15, 0.2) is 36.7 Å². The SMILES string of the molecule is COc1cc(-c2ccc3c(O)n(-c4ccn(CC(C)C)n4)c(C)c3n2)cnc1OC. The molecule has 0 unspecified atom stereocenters. The Morgan fingerprint density at radius 3 is 2.63 bits per heavy atom. The first-order chi connectivity index (χ1) is 14.4. The van der Waals surface area contributed by atoms with Crippen molar-refractivity contribution >= 4 is 10.9 Å². The van der Waals surface area contributed by atoms with Gasteiger partial charge in [-0.3, -0.25) is 9.25 Å². The molecule has 4 aromatic rings. The number of nitrogens with zero attached hydrogens (tertiary/aromatic N) is 5. The Morgan fingerprint density at radius 2 is 1.93 bits per heavy atom. The van der Waals surface area contributed by atoms with E-state index in [9.17, 15) is 5.11 Å². The first-order valence-corrected chi connectivity index (χ1v) is 9.76. The van der Waals surface area contributed by atoms with Crippen molar-refractivity contribution in [2.24, 2.45) is 5.92 Å². The molecule has 1 N–H and O–H groups in total. The summed E-state index contributed by atoms with van der Waals surface area (Å²) in [6, 6.07) is 7.44. The normalized spacial score (nSPS) is 11.4. The van der Waals surface area contributed by atoms with Crippen LogP contribution in [0.4, 0.5) is 0 Å². The molecule has 0 atom stereocenters. The molecule has 0 aliphatic rings. The molecule has 0 fully saturated rings. The fourth-order valence-electron chi connectivity index (χ4n) is 3.56. The molecule has 0 spiro atoms. The molecular formula is C22H25N5O3. The van der Waals surface area contributed by atoms with Gasteiger partial charge in [0.1, 0.15) is 0 Å². The number of ether oxygens (including phenoxy) is 2. The van der Waals surface area contributed by atoms with Crippen molar-refractivity contribution in [3.05, 3.63) is 42.4 Å². The van der Waals surface area contributed by atoms with Crippen LogP contribution in [0.1, 0.15) is 19.5 Å². The minimum Gasteiger partial charge on any atom is -0.494 e. The topological polar surface area (TPSA) is 87.2 Å². The van der Waals surface area contributed by atoms with Crippen LogP contribution in [-0.2, 0) is 6.54 Å². The van der Waals surface area contributed by atoms with Gasteiger partial charge in [0.05, 0.1) is 36.5 Å². The second kappa shape index (κ2) is 7.70. The lowest BCUT2D eigenvalue weighted by Crippen LogP contribution is -2.06. The molecule has 0 bridgehead atoms. The number of hydrogen-bond acceptors (Lipinski definition) is 6. The summed E-state index contributed by atoms with van der Waals surface area (Å²) in [5.41, 5.74) is 3.04. The van der Waals surface area contributed by atoms with E-state index < -0.39 is 0 Å². The molecule has 0 radical (unpaired) electrons. The summed E-state index contributed by atoms with van der Waals surface area (Å²) < 4.78 is 14.2. The number of aromatic hydroxyl groups is 1. The highest BCUT2D eigenvalue weighted by molar-refractivity contribution is 5.90. The lowest BCUT2D eigenvalue weighted by atomic mass is 10.1. The van der Waals surface area contributed by atoms with Gasteiger partial charge in [-0.15, -0.1) is 0 Å². The van der Waals surface area contributed by atoms with E-state index in [2.05, 4.69) is 23.9 Å². The van der Waals surface area contributed by atoms with Gasteiger partial charge in [-0.25, -0.2) is 9.97 Å². The molecule has 4 rings (SSSR count). The highest BCUT2D eigenvalue weighted by atomic mass is 16.5. The highest BCUT2D eigenvalue weighted by Gasteiger charge is 2.19. The molecule has 0 saturated carbocycles. The fraction of sp³-hybridized carbons (Fsp3) is 0.318. The van der Waals surface area contributed by atoms with Gasteiger partial charge in [0.2, 0.25) is 5.88 Å². The van der Waals surface area contributed by atoms with Crippen LogP contribution in [0.25, 0.3) is 28.0 Å². The lowest BCUT2D eigenvalue weighted by Gasteiger charge is -2.08. The average molecular weight is 407 g/mol. The predicted molar refractivity (Wildman–Crippen MR) is 114 cm³/mol. The number of pyridine rings is 2. The van der Waals surface area contributed by atoms with Gasteiger partial charge in [0, 0.05) is 30.6 Å². The van der Waals surface area contributed by atoms with E-state index in [-0.39, 0.29) is 5.88 Å². The predicted octanol–water partition coefficient (Wildman–Crippen LogP) is 3.97. The van der Waals surface area contributed by atoms with Crippen molar-refractivity contribution in [3.63, 3.8) is 0 Å². The van der Waals surface area contributed by atoms with Gasteiger partial charge in [0.15, 0.2) is 11.6 Å². The quantitative estimate of drug-likeness (QED) is 0.520. The largest absolute Gasteiger partial charge is 0.494 e. The summed E-state index contributed by atoms with van der Waals surface area (Å²) in [5, 5.41) is 16.1. The second-order valence-electron chi connectivity index (χ2n) is 7.56. The lowest BCUT2D eigenvalue weighted by molar-refractivity contribution is 0.343. The van der Waals surface area contributed by atoms with Crippen molar-refractivity contribution in [1.29, 1.82) is 0 Å². The molecule has 0 saturated heterocycles. The second-order valence-corrected chi connectivity index (χ2v) is 7.56. The van der Waals surface area contributed by atoms with Crippen molar-refractivity contribution < 1.29 is 14.6 Å². The molecule has 0 aliphatic carbocycles. The van der Waals surface area contributed by atoms with Gasteiger partial charge in [-0.2, -0.15) is 5.10 Å². The van der Waals surface area contributed by atoms with Crippen molar-refractivity contribution in [2.45, 2.75) is 27.3 Å². The zero-order chi connectivity index (χ0) is 21.4. The zero-order valence-electron chi connectivity index (χ0n) is 17.7. The monoisotopic (exact) mass is 407 g/mol. The summed E-state index contributed by atoms with van der Waals surface area (Å²) in [7, 11) is 3.12. The summed E-state index contributed by atoms with van der Waals surface area (Å²) in [6.07, 6.45) is 3.61. The fourth-order valence-corrected chi connectivity index (χ4v) is 3.56. The van der Waals surface area contributed by atoms with Gasteiger partial charge in [0.25, 0.3) is 5.88 Å². The van der Waals surface area contributed by atoms with Crippen LogP contribution in [0.5, 0.6) is 17.5 Å². The van der Waals surface area contributed by atoms with Crippen molar-refractivity contribution in [3.8, 4) is 34.6 Å². The van der Waals surface area contributed by atoms with E-state index in [0.29, 0.717) is 34.3 Å². The molecule has 4 aromatic heterocycles. The molecule has 156 valence electrons. The van der Waals surface area contributed by atoms with Crippen molar-refractivity contribution in [2.75, 3.05) is 14.2 Å². The Kier molecular flexibility index (Phi) is 5.07. The van der Waals surface area contributed by atoms with E-state index in [4.69, 9.17) is 14.5 Å². The van der Waals surface area contributed by atoms with Gasteiger partial charge in [-0.05, 0) is 31.0 Å². The third-order valence-electron chi connectivity index (χ3n) is 4.96. The van der Waals surface area contributed by atoms with E-state index in [1.807, 2.05) is 42.1 Å². The maximum Gasteiger partial charge on any atom is 0.256 e. The number of hydrogen-bond donors (Lipinski definition) is 1. The molecule has 0 aliphatic heterocycles. The maximum atomic E-state index is 10.9. The van der Waals surface area contributed by atoms with Gasteiger partial charge >= 0.3 is 0 Å². The average Bonchev–Trinajstić information content (AvgIpc) is 3.28. The number of fused-ring (bicyclic) bond motifs is 1. The van der Waals surface area contributed by atoms with Crippen molar-refractivity contribution in [1.82, 2.24) is 24.3 Å². The summed E-state index contributed by atoms with van der Waals surface area (Å²) in [5.74, 6) is 2.22. The number of methoxy groups -OCH3 is 2. The van der Waals surface area contributed by atoms with E-state index in [1.54, 1.807) is 25.0 Å². The van der Waals surface area contributed by atoms with Crippen LogP contribution in [0, 0.1) is 12.8 Å². The molecule has 30 heavy (non-hydrogen) atoms. The maximum absolute atomic E-state index is 10.9. The van der Waals surface area contributed by atoms with Gasteiger partial charge in [-0.1, -0.05) is 13.8 Å². The Morgan fingerprint density at radius 1 is 1.13 bits per heavy atom. The molecule has 0 amide bonds. The minimum atomic E-state index is 0.127. The smallest absolute Gasteiger partial charge is 0.256 e. The van der Waals surface area contributed by atoms with Crippen LogP contribution in [0.2, 0.25) is 0 Å². The summed E-state index contributed by atoms with van der Waals surface area (Å²) >= 11 is 0. The van der Waals surface area contributed by atoms with Crippen LogP contribution >= 0.6 is 0 Å². The first kappa shape index (κ1) is 19.8. The molecule has 0 aromatic carbocycles.